The summed E-state index contributed by atoms with van der Waals surface area (Å²) in [4.78, 5) is 4.38. The Bertz CT molecular complexity index is 866. The smallest absolute Gasteiger partial charge is 0.181 e. The van der Waals surface area contributed by atoms with Crippen LogP contribution in [0.3, 0.4) is 0 Å². The molecule has 3 aromatic rings. The molecular formula is C18H19FN4O2. The molecule has 1 heterocycles. The van der Waals surface area contributed by atoms with Crippen molar-refractivity contribution >= 4 is 0 Å². The van der Waals surface area contributed by atoms with E-state index in [4.69, 9.17) is 15.2 Å². The summed E-state index contributed by atoms with van der Waals surface area (Å²) in [6, 6.07) is 11.0. The summed E-state index contributed by atoms with van der Waals surface area (Å²) in [5.74, 6) is 1.77. The first-order chi connectivity index (χ1) is 12.1. The number of methoxy groups -OCH3 is 1. The molecule has 0 bridgehead atoms. The quantitative estimate of drug-likeness (QED) is 0.719. The fourth-order valence-electron chi connectivity index (χ4n) is 2.48. The van der Waals surface area contributed by atoms with E-state index in [2.05, 4.69) is 15.2 Å². The standard InChI is InChI=1S/C18H19FN4O2/c1-3-25-14-8-7-11(10-15(14)24-2)16(20)18-21-17(22-23-18)12-5-4-6-13(19)9-12/h4-10,16H,3,20H2,1-2H3,(H,21,22,23)/t16-/m1/s1. The maximum absolute atomic E-state index is 13.4. The van der Waals surface area contributed by atoms with Crippen molar-refractivity contribution in [1.29, 1.82) is 0 Å². The van der Waals surface area contributed by atoms with Gasteiger partial charge in [0.1, 0.15) is 11.6 Å². The molecule has 0 spiro atoms. The van der Waals surface area contributed by atoms with Gasteiger partial charge >= 0.3 is 0 Å². The molecule has 0 aliphatic heterocycles. The maximum atomic E-state index is 13.4. The summed E-state index contributed by atoms with van der Waals surface area (Å²) in [6.45, 7) is 2.45. The maximum Gasteiger partial charge on any atom is 0.181 e. The van der Waals surface area contributed by atoms with Crippen LogP contribution in [0, 0.1) is 5.82 Å². The zero-order chi connectivity index (χ0) is 17.8. The third-order valence-corrected chi connectivity index (χ3v) is 3.73. The second-order valence-corrected chi connectivity index (χ2v) is 5.38. The number of H-pyrrole nitrogens is 1. The second-order valence-electron chi connectivity index (χ2n) is 5.38. The minimum absolute atomic E-state index is 0.343. The van der Waals surface area contributed by atoms with Gasteiger partial charge in [-0.1, -0.05) is 18.2 Å². The highest BCUT2D eigenvalue weighted by molar-refractivity contribution is 5.54. The van der Waals surface area contributed by atoms with Crippen LogP contribution < -0.4 is 15.2 Å². The summed E-state index contributed by atoms with van der Waals surface area (Å²) >= 11 is 0. The van der Waals surface area contributed by atoms with E-state index in [1.54, 1.807) is 31.4 Å². The Morgan fingerprint density at radius 2 is 2.04 bits per heavy atom. The average Bonchev–Trinajstić information content (AvgIpc) is 3.12. The molecule has 6 nitrogen and oxygen atoms in total. The Kier molecular flexibility index (Phi) is 4.95. The zero-order valence-electron chi connectivity index (χ0n) is 14.0. The van der Waals surface area contributed by atoms with Crippen molar-refractivity contribution in [2.45, 2.75) is 13.0 Å². The molecule has 0 amide bonds. The third kappa shape index (κ3) is 3.61. The van der Waals surface area contributed by atoms with E-state index in [0.717, 1.165) is 5.56 Å². The van der Waals surface area contributed by atoms with Crippen LogP contribution in [-0.4, -0.2) is 28.9 Å². The number of halogens is 1. The van der Waals surface area contributed by atoms with E-state index in [9.17, 15) is 4.39 Å². The van der Waals surface area contributed by atoms with Crippen LogP contribution in [0.15, 0.2) is 42.5 Å². The van der Waals surface area contributed by atoms with Crippen LogP contribution in [0.1, 0.15) is 24.4 Å². The number of benzene rings is 2. The molecule has 0 saturated carbocycles. The molecular weight excluding hydrogens is 323 g/mol. The first kappa shape index (κ1) is 16.9. The largest absolute Gasteiger partial charge is 0.493 e. The zero-order valence-corrected chi connectivity index (χ0v) is 14.0. The highest BCUT2D eigenvalue weighted by Crippen LogP contribution is 2.31. The van der Waals surface area contributed by atoms with Crippen molar-refractivity contribution in [3.8, 4) is 22.9 Å². The molecule has 130 valence electrons. The van der Waals surface area contributed by atoms with E-state index in [0.29, 0.717) is 35.3 Å². The summed E-state index contributed by atoms with van der Waals surface area (Å²) in [7, 11) is 1.57. The fraction of sp³-hybridized carbons (Fsp3) is 0.222. The lowest BCUT2D eigenvalue weighted by atomic mass is 10.1. The highest BCUT2D eigenvalue weighted by Gasteiger charge is 2.17. The number of hydrogen-bond acceptors (Lipinski definition) is 5. The van der Waals surface area contributed by atoms with E-state index in [1.165, 1.54) is 12.1 Å². The number of nitrogens with one attached hydrogen (secondary N) is 1. The predicted octanol–water partition coefficient (Wildman–Crippen LogP) is 3.07. The van der Waals surface area contributed by atoms with E-state index < -0.39 is 6.04 Å². The lowest BCUT2D eigenvalue weighted by molar-refractivity contribution is 0.310. The van der Waals surface area contributed by atoms with Crippen LogP contribution in [-0.2, 0) is 0 Å². The molecule has 0 fully saturated rings. The Morgan fingerprint density at radius 3 is 2.76 bits per heavy atom. The molecule has 0 saturated heterocycles. The van der Waals surface area contributed by atoms with Crippen molar-refractivity contribution in [3.05, 3.63) is 59.7 Å². The van der Waals surface area contributed by atoms with Gasteiger partial charge in [0.2, 0.25) is 0 Å². The Balaban J connectivity index is 1.87. The van der Waals surface area contributed by atoms with Crippen molar-refractivity contribution in [1.82, 2.24) is 15.2 Å². The minimum Gasteiger partial charge on any atom is -0.493 e. The Hall–Kier alpha value is -2.93. The van der Waals surface area contributed by atoms with Crippen LogP contribution in [0.5, 0.6) is 11.5 Å². The second kappa shape index (κ2) is 7.31. The number of aromatic nitrogens is 3. The van der Waals surface area contributed by atoms with E-state index >= 15 is 0 Å². The van der Waals surface area contributed by atoms with Gasteiger partial charge in [0.05, 0.1) is 19.8 Å². The van der Waals surface area contributed by atoms with E-state index in [-0.39, 0.29) is 5.82 Å². The van der Waals surface area contributed by atoms with Gasteiger partial charge in [-0.05, 0) is 36.8 Å². The van der Waals surface area contributed by atoms with Crippen LogP contribution in [0.4, 0.5) is 4.39 Å². The summed E-state index contributed by atoms with van der Waals surface area (Å²) < 4.78 is 24.2. The van der Waals surface area contributed by atoms with Crippen molar-refractivity contribution in [2.24, 2.45) is 5.73 Å². The Morgan fingerprint density at radius 1 is 1.20 bits per heavy atom. The molecule has 0 aliphatic rings. The average molecular weight is 342 g/mol. The van der Waals surface area contributed by atoms with Crippen molar-refractivity contribution in [2.75, 3.05) is 13.7 Å². The fourth-order valence-corrected chi connectivity index (χ4v) is 2.48. The molecule has 2 aromatic carbocycles. The topological polar surface area (TPSA) is 86.0 Å². The predicted molar refractivity (Wildman–Crippen MR) is 92.0 cm³/mol. The number of nitrogens with two attached hydrogens (primary N) is 1. The number of aromatic amines is 1. The molecule has 7 heteroatoms. The first-order valence-corrected chi connectivity index (χ1v) is 7.87. The van der Waals surface area contributed by atoms with Crippen LogP contribution in [0.25, 0.3) is 11.4 Å². The third-order valence-electron chi connectivity index (χ3n) is 3.73. The Labute approximate surface area is 144 Å². The van der Waals surface area contributed by atoms with Gasteiger partial charge in [0, 0.05) is 5.56 Å². The SMILES string of the molecule is CCOc1ccc([C@@H](N)c2nc(-c3cccc(F)c3)n[nH]2)cc1OC. The number of nitrogens with zero attached hydrogens (tertiary/aromatic N) is 2. The van der Waals surface area contributed by atoms with Gasteiger partial charge in [0.15, 0.2) is 17.3 Å². The molecule has 1 atom stereocenters. The highest BCUT2D eigenvalue weighted by atomic mass is 19.1. The van der Waals surface area contributed by atoms with Gasteiger partial charge in [-0.15, -0.1) is 0 Å². The van der Waals surface area contributed by atoms with Crippen LogP contribution in [0.2, 0.25) is 0 Å². The lowest BCUT2D eigenvalue weighted by Gasteiger charge is -2.13. The summed E-state index contributed by atoms with van der Waals surface area (Å²) in [5, 5.41) is 6.94. The molecule has 1 aromatic heterocycles. The number of hydrogen-bond donors (Lipinski definition) is 2. The molecule has 0 aliphatic carbocycles. The normalized spacial score (nSPS) is 12.0. The summed E-state index contributed by atoms with van der Waals surface area (Å²) in [6.07, 6.45) is 0. The van der Waals surface area contributed by atoms with Gasteiger partial charge in [-0.3, -0.25) is 5.10 Å². The molecule has 0 radical (unpaired) electrons. The monoisotopic (exact) mass is 342 g/mol. The first-order valence-electron chi connectivity index (χ1n) is 7.87. The van der Waals surface area contributed by atoms with Gasteiger partial charge in [-0.25, -0.2) is 9.37 Å². The number of ether oxygens (including phenoxy) is 2. The summed E-state index contributed by atoms with van der Waals surface area (Å²) in [5.41, 5.74) is 7.66. The molecule has 0 unspecified atom stereocenters. The lowest BCUT2D eigenvalue weighted by Crippen LogP contribution is -2.14. The molecule has 25 heavy (non-hydrogen) atoms. The van der Waals surface area contributed by atoms with Gasteiger partial charge < -0.3 is 15.2 Å². The molecule has 3 rings (SSSR count). The van der Waals surface area contributed by atoms with E-state index in [1.807, 2.05) is 13.0 Å². The van der Waals surface area contributed by atoms with Crippen molar-refractivity contribution in [3.63, 3.8) is 0 Å². The van der Waals surface area contributed by atoms with Crippen molar-refractivity contribution < 1.29 is 13.9 Å². The van der Waals surface area contributed by atoms with Crippen LogP contribution >= 0.6 is 0 Å². The molecule has 3 N–H and O–H groups in total. The minimum atomic E-state index is -0.528. The number of rotatable bonds is 6. The van der Waals surface area contributed by atoms with Gasteiger partial charge in [-0.2, -0.15) is 5.10 Å². The van der Waals surface area contributed by atoms with Gasteiger partial charge in [0.25, 0.3) is 0 Å².